The van der Waals surface area contributed by atoms with Crippen molar-refractivity contribution in [2.45, 2.75) is 6.92 Å². The van der Waals surface area contributed by atoms with E-state index in [-0.39, 0.29) is 11.4 Å². The van der Waals surface area contributed by atoms with E-state index in [0.717, 1.165) is 0 Å². The Morgan fingerprint density at radius 3 is 2.71 bits per heavy atom. The molecule has 1 aromatic heterocycles. The Hall–Kier alpha value is -2.61. The Morgan fingerprint density at radius 2 is 2.12 bits per heavy atom. The highest BCUT2D eigenvalue weighted by atomic mass is 16.6. The first-order chi connectivity index (χ1) is 8.13. The van der Waals surface area contributed by atoms with Crippen LogP contribution in [0.25, 0.3) is 11.3 Å². The van der Waals surface area contributed by atoms with Crippen molar-refractivity contribution in [2.24, 2.45) is 0 Å². The van der Waals surface area contributed by atoms with Crippen molar-refractivity contribution >= 4 is 5.69 Å². The summed E-state index contributed by atoms with van der Waals surface area (Å²) in [7, 11) is 0. The van der Waals surface area contributed by atoms with Gasteiger partial charge in [0.05, 0.1) is 4.92 Å². The molecule has 17 heavy (non-hydrogen) atoms. The molecule has 0 unspecified atom stereocenters. The summed E-state index contributed by atoms with van der Waals surface area (Å²) in [5.41, 5.74) is 1.19. The third kappa shape index (κ3) is 1.88. The summed E-state index contributed by atoms with van der Waals surface area (Å²) in [6.07, 6.45) is 0. The molecule has 1 heterocycles. The summed E-state index contributed by atoms with van der Waals surface area (Å²) < 4.78 is 5.25. The molecule has 0 radical (unpaired) electrons. The van der Waals surface area contributed by atoms with Gasteiger partial charge in [-0.1, -0.05) is 12.1 Å². The summed E-state index contributed by atoms with van der Waals surface area (Å²) in [5.74, 6) is 0.647. The fourth-order valence-corrected chi connectivity index (χ4v) is 1.63. The highest BCUT2D eigenvalue weighted by Crippen LogP contribution is 2.30. The van der Waals surface area contributed by atoms with Crippen molar-refractivity contribution in [1.29, 1.82) is 5.26 Å². The topological polar surface area (TPSA) is 80.1 Å². The smallest absolute Gasteiger partial charge is 0.273 e. The van der Waals surface area contributed by atoms with Crippen LogP contribution in [-0.2, 0) is 0 Å². The molecule has 0 fully saturated rings. The minimum atomic E-state index is -0.438. The average Bonchev–Trinajstić information content (AvgIpc) is 2.77. The molecule has 0 aliphatic heterocycles. The van der Waals surface area contributed by atoms with Gasteiger partial charge in [-0.25, -0.2) is 0 Å². The van der Waals surface area contributed by atoms with Gasteiger partial charge in [0.25, 0.3) is 5.69 Å². The van der Waals surface area contributed by atoms with Crippen LogP contribution in [0.3, 0.4) is 0 Å². The first kappa shape index (κ1) is 10.9. The van der Waals surface area contributed by atoms with Gasteiger partial charge in [-0.05, 0) is 19.1 Å². The predicted octanol–water partition coefficient (Wildman–Crippen LogP) is 3.03. The summed E-state index contributed by atoms with van der Waals surface area (Å²) >= 11 is 0. The highest BCUT2D eigenvalue weighted by Gasteiger charge is 2.16. The molecule has 0 aliphatic rings. The van der Waals surface area contributed by atoms with Gasteiger partial charge < -0.3 is 4.42 Å². The Balaban J connectivity index is 2.57. The second-order valence-corrected chi connectivity index (χ2v) is 3.48. The standard InChI is InChI=1S/C12H8N2O3/c1-8-10(3-2-4-11(8)14(15)16)12-6-5-9(7-13)17-12/h2-6H,1H3. The number of nitro benzene ring substituents is 1. The first-order valence-corrected chi connectivity index (χ1v) is 4.88. The third-order valence-electron chi connectivity index (χ3n) is 2.48. The molecule has 1 aromatic carbocycles. The van der Waals surface area contributed by atoms with E-state index < -0.39 is 4.92 Å². The number of hydrogen-bond donors (Lipinski definition) is 0. The average molecular weight is 228 g/mol. The lowest BCUT2D eigenvalue weighted by Gasteiger charge is -2.02. The zero-order valence-corrected chi connectivity index (χ0v) is 9.01. The molecular weight excluding hydrogens is 220 g/mol. The monoisotopic (exact) mass is 228 g/mol. The van der Waals surface area contributed by atoms with Crippen LogP contribution in [0, 0.1) is 28.4 Å². The van der Waals surface area contributed by atoms with Gasteiger partial charge in [-0.2, -0.15) is 5.26 Å². The Bertz CT molecular complexity index is 623. The minimum absolute atomic E-state index is 0.0393. The first-order valence-electron chi connectivity index (χ1n) is 4.88. The van der Waals surface area contributed by atoms with E-state index in [1.54, 1.807) is 25.1 Å². The van der Waals surface area contributed by atoms with Crippen LogP contribution in [0.5, 0.6) is 0 Å². The maximum atomic E-state index is 10.8. The van der Waals surface area contributed by atoms with E-state index in [1.165, 1.54) is 12.1 Å². The van der Waals surface area contributed by atoms with Gasteiger partial charge >= 0.3 is 0 Å². The summed E-state index contributed by atoms with van der Waals surface area (Å²) in [4.78, 5) is 10.4. The van der Waals surface area contributed by atoms with E-state index in [2.05, 4.69) is 0 Å². The van der Waals surface area contributed by atoms with Crippen molar-refractivity contribution < 1.29 is 9.34 Å². The Morgan fingerprint density at radius 1 is 1.35 bits per heavy atom. The van der Waals surface area contributed by atoms with Gasteiger partial charge in [0, 0.05) is 17.2 Å². The molecule has 0 saturated carbocycles. The molecule has 2 aromatic rings. The number of hydrogen-bond acceptors (Lipinski definition) is 4. The maximum Gasteiger partial charge on any atom is 0.273 e. The van der Waals surface area contributed by atoms with Crippen LogP contribution in [-0.4, -0.2) is 4.92 Å². The van der Waals surface area contributed by atoms with E-state index in [1.807, 2.05) is 6.07 Å². The van der Waals surface area contributed by atoms with Crippen molar-refractivity contribution in [3.8, 4) is 17.4 Å². The quantitative estimate of drug-likeness (QED) is 0.584. The molecule has 5 heteroatoms. The molecule has 5 nitrogen and oxygen atoms in total. The zero-order valence-electron chi connectivity index (χ0n) is 9.01. The highest BCUT2D eigenvalue weighted by molar-refractivity contribution is 5.67. The third-order valence-corrected chi connectivity index (χ3v) is 2.48. The zero-order chi connectivity index (χ0) is 12.4. The molecule has 0 N–H and O–H groups in total. The number of benzene rings is 1. The number of furan rings is 1. The van der Waals surface area contributed by atoms with Crippen molar-refractivity contribution in [3.05, 3.63) is 51.8 Å². The minimum Gasteiger partial charge on any atom is -0.446 e. The Labute approximate surface area is 97.1 Å². The number of nitrogens with zero attached hydrogens (tertiary/aromatic N) is 2. The summed E-state index contributed by atoms with van der Waals surface area (Å²) in [6, 6.07) is 9.79. The molecule has 0 atom stereocenters. The molecule has 0 amide bonds. The fourth-order valence-electron chi connectivity index (χ4n) is 1.63. The molecule has 0 bridgehead atoms. The summed E-state index contributed by atoms with van der Waals surface area (Å²) in [6.45, 7) is 1.65. The van der Waals surface area contributed by atoms with Gasteiger partial charge in [0.2, 0.25) is 5.76 Å². The van der Waals surface area contributed by atoms with E-state index in [9.17, 15) is 10.1 Å². The van der Waals surface area contributed by atoms with Crippen molar-refractivity contribution in [1.82, 2.24) is 0 Å². The number of nitriles is 1. The predicted molar refractivity (Wildman–Crippen MR) is 60.3 cm³/mol. The molecule has 0 aliphatic carbocycles. The lowest BCUT2D eigenvalue weighted by Crippen LogP contribution is -1.93. The normalized spacial score (nSPS) is 9.88. The Kier molecular flexibility index (Phi) is 2.63. The fraction of sp³-hybridized carbons (Fsp3) is 0.0833. The molecule has 84 valence electrons. The van der Waals surface area contributed by atoms with Crippen LogP contribution in [0.2, 0.25) is 0 Å². The molecular formula is C12H8N2O3. The largest absolute Gasteiger partial charge is 0.446 e. The van der Waals surface area contributed by atoms with Gasteiger partial charge in [0.15, 0.2) is 0 Å². The van der Waals surface area contributed by atoms with Crippen molar-refractivity contribution in [3.63, 3.8) is 0 Å². The van der Waals surface area contributed by atoms with E-state index in [0.29, 0.717) is 16.9 Å². The lowest BCUT2D eigenvalue weighted by molar-refractivity contribution is -0.385. The van der Waals surface area contributed by atoms with Gasteiger partial charge in [0.1, 0.15) is 11.8 Å². The number of rotatable bonds is 2. The van der Waals surface area contributed by atoms with Crippen LogP contribution in [0.4, 0.5) is 5.69 Å². The SMILES string of the molecule is Cc1c(-c2ccc(C#N)o2)cccc1[N+](=O)[O-]. The molecule has 0 spiro atoms. The molecule has 2 rings (SSSR count). The van der Waals surface area contributed by atoms with Crippen LogP contribution in [0.15, 0.2) is 34.7 Å². The lowest BCUT2D eigenvalue weighted by atomic mass is 10.1. The van der Waals surface area contributed by atoms with Crippen LogP contribution < -0.4 is 0 Å². The molecule has 0 saturated heterocycles. The number of nitro groups is 1. The summed E-state index contributed by atoms with van der Waals surface area (Å²) in [5, 5.41) is 19.4. The second kappa shape index (κ2) is 4.10. The van der Waals surface area contributed by atoms with E-state index in [4.69, 9.17) is 9.68 Å². The van der Waals surface area contributed by atoms with Gasteiger partial charge in [-0.15, -0.1) is 0 Å². The van der Waals surface area contributed by atoms with Crippen LogP contribution >= 0.6 is 0 Å². The second-order valence-electron chi connectivity index (χ2n) is 3.48. The van der Waals surface area contributed by atoms with E-state index >= 15 is 0 Å². The maximum absolute atomic E-state index is 10.8. The van der Waals surface area contributed by atoms with Crippen LogP contribution in [0.1, 0.15) is 11.3 Å². The van der Waals surface area contributed by atoms with Gasteiger partial charge in [-0.3, -0.25) is 10.1 Å². The van der Waals surface area contributed by atoms with Crippen molar-refractivity contribution in [2.75, 3.05) is 0 Å².